The third-order valence-corrected chi connectivity index (χ3v) is 4.12. The molecule has 116 valence electrons. The van der Waals surface area contributed by atoms with E-state index in [0.717, 1.165) is 30.8 Å². The SMILES string of the molecule is CC(C)(C)c1cc(/C=N\O)c(O)c(CN2CCCCC2)c1. The van der Waals surface area contributed by atoms with E-state index in [9.17, 15) is 5.11 Å². The minimum absolute atomic E-state index is 0.0115. The van der Waals surface area contributed by atoms with Gasteiger partial charge in [-0.1, -0.05) is 38.4 Å². The first-order valence-electron chi connectivity index (χ1n) is 7.68. The summed E-state index contributed by atoms with van der Waals surface area (Å²) in [7, 11) is 0. The second-order valence-corrected chi connectivity index (χ2v) is 6.90. The minimum Gasteiger partial charge on any atom is -0.507 e. The van der Waals surface area contributed by atoms with Gasteiger partial charge in [0.25, 0.3) is 0 Å². The van der Waals surface area contributed by atoms with Crippen molar-refractivity contribution in [3.05, 3.63) is 28.8 Å². The summed E-state index contributed by atoms with van der Waals surface area (Å²) in [6.07, 6.45) is 5.06. The molecule has 0 radical (unpaired) electrons. The number of nitrogens with zero attached hydrogens (tertiary/aromatic N) is 2. The van der Waals surface area contributed by atoms with Gasteiger partial charge in [-0.15, -0.1) is 0 Å². The van der Waals surface area contributed by atoms with Crippen molar-refractivity contribution in [3.8, 4) is 5.75 Å². The highest BCUT2D eigenvalue weighted by atomic mass is 16.4. The maximum Gasteiger partial charge on any atom is 0.128 e. The summed E-state index contributed by atoms with van der Waals surface area (Å²) in [6, 6.07) is 3.98. The lowest BCUT2D eigenvalue weighted by molar-refractivity contribution is 0.218. The summed E-state index contributed by atoms with van der Waals surface area (Å²) >= 11 is 0. The van der Waals surface area contributed by atoms with Crippen LogP contribution in [0.4, 0.5) is 0 Å². The van der Waals surface area contributed by atoms with Gasteiger partial charge < -0.3 is 10.3 Å². The Labute approximate surface area is 127 Å². The molecule has 0 aromatic heterocycles. The van der Waals surface area contributed by atoms with Crippen LogP contribution in [-0.4, -0.2) is 34.5 Å². The molecule has 0 saturated carbocycles. The molecular formula is C17H26N2O2. The minimum atomic E-state index is -0.0115. The maximum atomic E-state index is 10.4. The normalized spacial score (nSPS) is 17.5. The van der Waals surface area contributed by atoms with E-state index in [1.165, 1.54) is 25.5 Å². The van der Waals surface area contributed by atoms with Gasteiger partial charge in [0.1, 0.15) is 5.75 Å². The van der Waals surface area contributed by atoms with Crippen LogP contribution in [0.3, 0.4) is 0 Å². The predicted octanol–water partition coefficient (Wildman–Crippen LogP) is 3.48. The molecule has 0 unspecified atom stereocenters. The van der Waals surface area contributed by atoms with Crippen LogP contribution in [0.5, 0.6) is 5.75 Å². The van der Waals surface area contributed by atoms with E-state index in [1.807, 2.05) is 6.07 Å². The fourth-order valence-electron chi connectivity index (χ4n) is 2.79. The third kappa shape index (κ3) is 3.97. The van der Waals surface area contributed by atoms with Crippen LogP contribution in [0.1, 0.15) is 56.7 Å². The van der Waals surface area contributed by atoms with E-state index in [0.29, 0.717) is 5.56 Å². The number of aromatic hydroxyl groups is 1. The molecule has 4 nitrogen and oxygen atoms in total. The van der Waals surface area contributed by atoms with Gasteiger partial charge in [0.2, 0.25) is 0 Å². The van der Waals surface area contributed by atoms with Crippen LogP contribution in [-0.2, 0) is 12.0 Å². The zero-order chi connectivity index (χ0) is 15.5. The second-order valence-electron chi connectivity index (χ2n) is 6.90. The molecule has 1 aliphatic rings. The van der Waals surface area contributed by atoms with Gasteiger partial charge in [-0.2, -0.15) is 0 Å². The lowest BCUT2D eigenvalue weighted by atomic mass is 9.84. The molecule has 1 heterocycles. The van der Waals surface area contributed by atoms with Crippen molar-refractivity contribution < 1.29 is 10.3 Å². The highest BCUT2D eigenvalue weighted by Gasteiger charge is 2.20. The summed E-state index contributed by atoms with van der Waals surface area (Å²) in [6.45, 7) is 9.35. The van der Waals surface area contributed by atoms with Crippen LogP contribution in [0.15, 0.2) is 17.3 Å². The van der Waals surface area contributed by atoms with Gasteiger partial charge >= 0.3 is 0 Å². The van der Waals surface area contributed by atoms with Crippen LogP contribution in [0.25, 0.3) is 0 Å². The molecule has 1 saturated heterocycles. The van der Waals surface area contributed by atoms with Crippen LogP contribution < -0.4 is 0 Å². The molecule has 0 aliphatic carbocycles. The van der Waals surface area contributed by atoms with Crippen LogP contribution >= 0.6 is 0 Å². The molecule has 0 spiro atoms. The molecule has 1 aromatic rings. The summed E-state index contributed by atoms with van der Waals surface area (Å²) in [5, 5.41) is 22.3. The lowest BCUT2D eigenvalue weighted by Gasteiger charge is -2.28. The quantitative estimate of drug-likeness (QED) is 0.509. The number of hydrogen-bond acceptors (Lipinski definition) is 4. The zero-order valence-electron chi connectivity index (χ0n) is 13.3. The summed E-state index contributed by atoms with van der Waals surface area (Å²) < 4.78 is 0. The van der Waals surface area contributed by atoms with Gasteiger partial charge in [-0.3, -0.25) is 4.90 Å². The Morgan fingerprint density at radius 1 is 1.19 bits per heavy atom. The van der Waals surface area contributed by atoms with Crippen molar-refractivity contribution in [1.29, 1.82) is 0 Å². The highest BCUT2D eigenvalue weighted by Crippen LogP contribution is 2.31. The van der Waals surface area contributed by atoms with Gasteiger partial charge in [-0.05, 0) is 43.0 Å². The Hall–Kier alpha value is -1.55. The topological polar surface area (TPSA) is 56.1 Å². The Morgan fingerprint density at radius 2 is 1.86 bits per heavy atom. The summed E-state index contributed by atoms with van der Waals surface area (Å²) in [5.41, 5.74) is 2.63. The van der Waals surface area contributed by atoms with E-state index in [1.54, 1.807) is 0 Å². The second kappa shape index (κ2) is 6.48. The van der Waals surface area contributed by atoms with Gasteiger partial charge in [0.05, 0.1) is 6.21 Å². The van der Waals surface area contributed by atoms with E-state index >= 15 is 0 Å². The van der Waals surface area contributed by atoms with Crippen molar-refractivity contribution in [2.45, 2.75) is 52.0 Å². The number of hydrogen-bond donors (Lipinski definition) is 2. The number of phenols is 1. The lowest BCUT2D eigenvalue weighted by Crippen LogP contribution is -2.29. The summed E-state index contributed by atoms with van der Waals surface area (Å²) in [5.74, 6) is 0.228. The molecule has 0 amide bonds. The fraction of sp³-hybridized carbons (Fsp3) is 0.588. The molecular weight excluding hydrogens is 264 g/mol. The predicted molar refractivity (Wildman–Crippen MR) is 85.3 cm³/mol. The molecule has 2 N–H and O–H groups in total. The Balaban J connectivity index is 2.35. The van der Waals surface area contributed by atoms with E-state index < -0.39 is 0 Å². The number of phenolic OH excluding ortho intramolecular Hbond substituents is 1. The largest absolute Gasteiger partial charge is 0.507 e. The van der Waals surface area contributed by atoms with Crippen molar-refractivity contribution in [2.75, 3.05) is 13.1 Å². The number of likely N-dealkylation sites (tertiary alicyclic amines) is 1. The van der Waals surface area contributed by atoms with E-state index in [4.69, 9.17) is 5.21 Å². The number of benzene rings is 1. The standard InChI is InChI=1S/C17H26N2O2/c1-17(2,3)15-9-13(11-18-21)16(20)14(10-15)12-19-7-5-4-6-8-19/h9-11,20-21H,4-8,12H2,1-3H3/b18-11-. The van der Waals surface area contributed by atoms with Gasteiger partial charge in [-0.25, -0.2) is 0 Å². The number of piperidine rings is 1. The molecule has 0 bridgehead atoms. The molecule has 1 aromatic carbocycles. The third-order valence-electron chi connectivity index (χ3n) is 4.12. The Morgan fingerprint density at radius 3 is 2.43 bits per heavy atom. The Kier molecular flexibility index (Phi) is 4.88. The van der Waals surface area contributed by atoms with Crippen LogP contribution in [0, 0.1) is 0 Å². The first kappa shape index (κ1) is 15.8. The Bertz CT molecular complexity index is 512. The van der Waals surface area contributed by atoms with E-state index in [2.05, 4.69) is 36.9 Å². The maximum absolute atomic E-state index is 10.4. The first-order chi connectivity index (χ1) is 9.91. The molecule has 1 fully saturated rings. The molecule has 0 atom stereocenters. The molecule has 21 heavy (non-hydrogen) atoms. The smallest absolute Gasteiger partial charge is 0.128 e. The highest BCUT2D eigenvalue weighted by molar-refractivity contribution is 5.84. The number of rotatable bonds is 3. The average Bonchev–Trinajstić information content (AvgIpc) is 2.43. The zero-order valence-corrected chi connectivity index (χ0v) is 13.3. The summed E-state index contributed by atoms with van der Waals surface area (Å²) in [4.78, 5) is 2.38. The molecule has 4 heteroatoms. The molecule has 2 rings (SSSR count). The molecule has 1 aliphatic heterocycles. The van der Waals surface area contributed by atoms with E-state index in [-0.39, 0.29) is 11.2 Å². The first-order valence-corrected chi connectivity index (χ1v) is 7.68. The van der Waals surface area contributed by atoms with Crippen molar-refractivity contribution >= 4 is 6.21 Å². The monoisotopic (exact) mass is 290 g/mol. The van der Waals surface area contributed by atoms with Crippen molar-refractivity contribution in [1.82, 2.24) is 4.90 Å². The number of oxime groups is 1. The van der Waals surface area contributed by atoms with Gasteiger partial charge in [0.15, 0.2) is 0 Å². The van der Waals surface area contributed by atoms with Crippen molar-refractivity contribution in [3.63, 3.8) is 0 Å². The average molecular weight is 290 g/mol. The van der Waals surface area contributed by atoms with Crippen molar-refractivity contribution in [2.24, 2.45) is 5.16 Å². The fourth-order valence-corrected chi connectivity index (χ4v) is 2.79. The van der Waals surface area contributed by atoms with Gasteiger partial charge in [0, 0.05) is 17.7 Å². The van der Waals surface area contributed by atoms with Crippen LogP contribution in [0.2, 0.25) is 0 Å².